The molecule has 0 aromatic heterocycles. The summed E-state index contributed by atoms with van der Waals surface area (Å²) >= 11 is 12.4. The van der Waals surface area contributed by atoms with Crippen LogP contribution < -0.4 is 10.1 Å². The van der Waals surface area contributed by atoms with Gasteiger partial charge in [-0.05, 0) is 36.8 Å². The van der Waals surface area contributed by atoms with Crippen LogP contribution in [0.1, 0.15) is 18.1 Å². The second kappa shape index (κ2) is 9.80. The fraction of sp³-hybridized carbons (Fsp3) is 0.190. The second-order valence-electron chi connectivity index (χ2n) is 6.38. The topological polar surface area (TPSA) is 84.9 Å². The molecule has 0 bridgehead atoms. The molecule has 3 amide bonds. The second-order valence-corrected chi connectivity index (χ2v) is 7.19. The number of benzene rings is 2. The van der Waals surface area contributed by atoms with Gasteiger partial charge in [-0.15, -0.1) is 0 Å². The standard InChI is InChI=1S/C21H17Cl2FN2O5/c1-2-30-18(27)11-31-19-14(22)7-12(8-15(19)23)9-17-20(28)26(21(29)25-17)10-13-5-3-4-6-16(13)24/h3-9H,2,10-11H2,1H3,(H,25,29)/b17-9+. The van der Waals surface area contributed by atoms with Crippen molar-refractivity contribution in [3.05, 3.63) is 69.1 Å². The molecule has 1 aliphatic heterocycles. The highest BCUT2D eigenvalue weighted by atomic mass is 35.5. The smallest absolute Gasteiger partial charge is 0.344 e. The lowest BCUT2D eigenvalue weighted by Crippen LogP contribution is -2.30. The monoisotopic (exact) mass is 466 g/mol. The third-order valence-electron chi connectivity index (χ3n) is 4.22. The van der Waals surface area contributed by atoms with Gasteiger partial charge < -0.3 is 14.8 Å². The maximum absolute atomic E-state index is 13.9. The summed E-state index contributed by atoms with van der Waals surface area (Å²) in [7, 11) is 0. The van der Waals surface area contributed by atoms with Crippen molar-refractivity contribution in [2.45, 2.75) is 13.5 Å². The van der Waals surface area contributed by atoms with E-state index in [2.05, 4.69) is 5.32 Å². The molecule has 1 heterocycles. The van der Waals surface area contributed by atoms with Crippen LogP contribution in [0.15, 0.2) is 42.1 Å². The van der Waals surface area contributed by atoms with Gasteiger partial charge in [0.25, 0.3) is 5.91 Å². The molecule has 0 radical (unpaired) electrons. The first-order valence-corrected chi connectivity index (χ1v) is 9.91. The van der Waals surface area contributed by atoms with Crippen molar-refractivity contribution in [1.29, 1.82) is 0 Å². The van der Waals surface area contributed by atoms with Crippen molar-refractivity contribution in [3.63, 3.8) is 0 Å². The van der Waals surface area contributed by atoms with E-state index >= 15 is 0 Å². The summed E-state index contributed by atoms with van der Waals surface area (Å²) in [6.07, 6.45) is 1.38. The number of imide groups is 1. The summed E-state index contributed by atoms with van der Waals surface area (Å²) in [5.41, 5.74) is 0.602. The molecule has 7 nitrogen and oxygen atoms in total. The first kappa shape index (κ1) is 22.6. The van der Waals surface area contributed by atoms with Crippen LogP contribution in [0.3, 0.4) is 0 Å². The number of nitrogens with one attached hydrogen (secondary N) is 1. The minimum absolute atomic E-state index is 0.0198. The number of hydrogen-bond donors (Lipinski definition) is 1. The normalized spacial score (nSPS) is 14.7. The molecule has 10 heteroatoms. The maximum Gasteiger partial charge on any atom is 0.344 e. The molecule has 1 fully saturated rings. The third kappa shape index (κ3) is 5.34. The van der Waals surface area contributed by atoms with E-state index in [0.717, 1.165) is 4.90 Å². The van der Waals surface area contributed by atoms with Crippen molar-refractivity contribution in [2.24, 2.45) is 0 Å². The van der Waals surface area contributed by atoms with E-state index in [1.807, 2.05) is 0 Å². The quantitative estimate of drug-likeness (QED) is 0.376. The Morgan fingerprint density at radius 3 is 2.52 bits per heavy atom. The van der Waals surface area contributed by atoms with Crippen LogP contribution in [0.25, 0.3) is 6.08 Å². The van der Waals surface area contributed by atoms with Crippen LogP contribution in [0.4, 0.5) is 9.18 Å². The molecule has 0 atom stereocenters. The van der Waals surface area contributed by atoms with Crippen LogP contribution in [-0.4, -0.2) is 36.0 Å². The third-order valence-corrected chi connectivity index (χ3v) is 4.78. The lowest BCUT2D eigenvalue weighted by molar-refractivity contribution is -0.145. The lowest BCUT2D eigenvalue weighted by atomic mass is 10.1. The molecule has 1 N–H and O–H groups in total. The lowest BCUT2D eigenvalue weighted by Gasteiger charge is -2.12. The number of ether oxygens (including phenoxy) is 2. The van der Waals surface area contributed by atoms with Gasteiger partial charge >= 0.3 is 12.0 Å². The summed E-state index contributed by atoms with van der Waals surface area (Å²) in [4.78, 5) is 37.2. The Morgan fingerprint density at radius 1 is 1.19 bits per heavy atom. The largest absolute Gasteiger partial charge is 0.479 e. The molecule has 162 valence electrons. The highest BCUT2D eigenvalue weighted by Crippen LogP contribution is 2.35. The number of rotatable bonds is 7. The molecule has 0 spiro atoms. The van der Waals surface area contributed by atoms with Gasteiger partial charge in [-0.3, -0.25) is 9.69 Å². The maximum atomic E-state index is 13.9. The predicted molar refractivity (Wildman–Crippen MR) is 112 cm³/mol. The molecule has 1 aliphatic rings. The Labute approximate surface area is 187 Å². The molecule has 1 saturated heterocycles. The van der Waals surface area contributed by atoms with Gasteiger partial charge in [0, 0.05) is 5.56 Å². The molecule has 2 aromatic rings. The number of amides is 3. The SMILES string of the molecule is CCOC(=O)COc1c(Cl)cc(/C=C2/NC(=O)N(Cc3ccccc3F)C2=O)cc1Cl. The molecular formula is C21H17Cl2FN2O5. The Morgan fingerprint density at radius 2 is 1.87 bits per heavy atom. The van der Waals surface area contributed by atoms with Crippen molar-refractivity contribution < 1.29 is 28.2 Å². The van der Waals surface area contributed by atoms with Gasteiger partial charge in [-0.2, -0.15) is 0 Å². The van der Waals surface area contributed by atoms with Gasteiger partial charge in [0.05, 0.1) is 23.2 Å². The Balaban J connectivity index is 1.77. The summed E-state index contributed by atoms with van der Waals surface area (Å²) in [6.45, 7) is 1.30. The average molecular weight is 467 g/mol. The summed E-state index contributed by atoms with van der Waals surface area (Å²) in [5, 5.41) is 2.65. The van der Waals surface area contributed by atoms with Gasteiger partial charge in [-0.1, -0.05) is 41.4 Å². The van der Waals surface area contributed by atoms with E-state index in [1.165, 1.54) is 36.4 Å². The number of carbonyl (C=O) groups excluding carboxylic acids is 3. The zero-order valence-electron chi connectivity index (χ0n) is 16.3. The molecule has 0 aliphatic carbocycles. The minimum atomic E-state index is -0.675. The molecule has 0 unspecified atom stereocenters. The van der Waals surface area contributed by atoms with Gasteiger partial charge in [0.15, 0.2) is 12.4 Å². The zero-order valence-corrected chi connectivity index (χ0v) is 17.8. The average Bonchev–Trinajstić information content (AvgIpc) is 2.96. The number of halogens is 3. The van der Waals surface area contributed by atoms with Crippen LogP contribution in [0.5, 0.6) is 5.75 Å². The Bertz CT molecular complexity index is 1050. The summed E-state index contributed by atoms with van der Waals surface area (Å²) in [6, 6.07) is 8.12. The number of nitrogens with zero attached hydrogens (tertiary/aromatic N) is 1. The summed E-state index contributed by atoms with van der Waals surface area (Å²) < 4.78 is 23.9. The van der Waals surface area contributed by atoms with E-state index in [0.29, 0.717) is 5.56 Å². The number of carbonyl (C=O) groups is 3. The molecule has 2 aromatic carbocycles. The van der Waals surface area contributed by atoms with Gasteiger partial charge in [-0.25, -0.2) is 14.0 Å². The molecule has 31 heavy (non-hydrogen) atoms. The first-order chi connectivity index (χ1) is 14.8. The van der Waals surface area contributed by atoms with E-state index in [9.17, 15) is 18.8 Å². The van der Waals surface area contributed by atoms with Crippen LogP contribution in [0.2, 0.25) is 10.0 Å². The van der Waals surface area contributed by atoms with E-state index in [-0.39, 0.29) is 46.8 Å². The Hall–Kier alpha value is -3.10. The van der Waals surface area contributed by atoms with E-state index in [1.54, 1.807) is 13.0 Å². The van der Waals surface area contributed by atoms with Crippen molar-refractivity contribution in [2.75, 3.05) is 13.2 Å². The molecular weight excluding hydrogens is 450 g/mol. The van der Waals surface area contributed by atoms with Crippen molar-refractivity contribution >= 4 is 47.2 Å². The zero-order chi connectivity index (χ0) is 22.5. The fourth-order valence-electron chi connectivity index (χ4n) is 2.81. The van der Waals surface area contributed by atoms with Crippen molar-refractivity contribution in [1.82, 2.24) is 10.2 Å². The van der Waals surface area contributed by atoms with Crippen LogP contribution in [-0.2, 0) is 20.9 Å². The van der Waals surface area contributed by atoms with E-state index < -0.39 is 23.7 Å². The van der Waals surface area contributed by atoms with E-state index in [4.69, 9.17) is 32.7 Å². The van der Waals surface area contributed by atoms with Crippen molar-refractivity contribution in [3.8, 4) is 5.75 Å². The highest BCUT2D eigenvalue weighted by molar-refractivity contribution is 6.37. The summed E-state index contributed by atoms with van der Waals surface area (Å²) in [5.74, 6) is -1.63. The van der Waals surface area contributed by atoms with Gasteiger partial charge in [0.1, 0.15) is 11.5 Å². The fourth-order valence-corrected chi connectivity index (χ4v) is 3.43. The molecule has 3 rings (SSSR count). The van der Waals surface area contributed by atoms with Crippen LogP contribution in [0, 0.1) is 5.82 Å². The van der Waals surface area contributed by atoms with Crippen LogP contribution >= 0.6 is 23.2 Å². The highest BCUT2D eigenvalue weighted by Gasteiger charge is 2.34. The van der Waals surface area contributed by atoms with Gasteiger partial charge in [0.2, 0.25) is 0 Å². The minimum Gasteiger partial charge on any atom is -0.479 e. The first-order valence-electron chi connectivity index (χ1n) is 9.15. The number of esters is 1. The number of urea groups is 1. The predicted octanol–water partition coefficient (Wildman–Crippen LogP) is 4.17. The molecule has 0 saturated carbocycles. The number of hydrogen-bond acceptors (Lipinski definition) is 5. The Kier molecular flexibility index (Phi) is 7.14.